The Balaban J connectivity index is 2.09. The van der Waals surface area contributed by atoms with Gasteiger partial charge in [-0.3, -0.25) is 0 Å². The molecule has 21 heavy (non-hydrogen) atoms. The van der Waals surface area contributed by atoms with Crippen molar-refractivity contribution in [1.29, 1.82) is 0 Å². The van der Waals surface area contributed by atoms with Crippen LogP contribution in [0.3, 0.4) is 0 Å². The average Bonchev–Trinajstić information content (AvgIpc) is 3.28. The molecule has 1 aromatic heterocycles. The molecule has 1 aromatic rings. The molecule has 1 aliphatic carbocycles. The third kappa shape index (κ3) is 5.02. The van der Waals surface area contributed by atoms with Crippen LogP contribution in [-0.4, -0.2) is 41.6 Å². The van der Waals surface area contributed by atoms with E-state index < -0.39 is 0 Å². The maximum Gasteiger partial charge on any atom is 0.231 e. The molecule has 1 heterocycles. The highest BCUT2D eigenvalue weighted by Crippen LogP contribution is 2.34. The second-order valence-corrected chi connectivity index (χ2v) is 6.03. The number of hydrogen-bond donors (Lipinski definition) is 2. The van der Waals surface area contributed by atoms with Crippen molar-refractivity contribution in [3.8, 4) is 0 Å². The van der Waals surface area contributed by atoms with Gasteiger partial charge >= 0.3 is 0 Å². The Morgan fingerprint density at radius 1 is 1.14 bits per heavy atom. The van der Waals surface area contributed by atoms with Crippen molar-refractivity contribution in [2.24, 2.45) is 5.92 Å². The third-order valence-corrected chi connectivity index (χ3v) is 3.70. The van der Waals surface area contributed by atoms with Crippen molar-refractivity contribution in [2.45, 2.75) is 52.0 Å². The molecule has 2 rings (SSSR count). The third-order valence-electron chi connectivity index (χ3n) is 3.70. The van der Waals surface area contributed by atoms with E-state index in [0.717, 1.165) is 25.3 Å². The second-order valence-electron chi connectivity index (χ2n) is 6.03. The molecular formula is C15H28N6. The van der Waals surface area contributed by atoms with Gasteiger partial charge < -0.3 is 15.5 Å². The first-order valence-corrected chi connectivity index (χ1v) is 8.06. The lowest BCUT2D eigenvalue weighted by Crippen LogP contribution is -2.23. The average molecular weight is 292 g/mol. The molecular weight excluding hydrogens is 264 g/mol. The molecule has 0 spiro atoms. The van der Waals surface area contributed by atoms with E-state index in [4.69, 9.17) is 0 Å². The first-order valence-electron chi connectivity index (χ1n) is 8.06. The quantitative estimate of drug-likeness (QED) is 0.729. The number of nitrogens with one attached hydrogen (secondary N) is 2. The van der Waals surface area contributed by atoms with Crippen LogP contribution in [0.1, 0.15) is 46.0 Å². The van der Waals surface area contributed by atoms with E-state index in [2.05, 4.69) is 39.4 Å². The molecule has 0 radical (unpaired) electrons. The van der Waals surface area contributed by atoms with Crippen LogP contribution in [0.2, 0.25) is 0 Å². The molecule has 0 aliphatic heterocycles. The minimum Gasteiger partial charge on any atom is -0.354 e. The molecule has 1 aliphatic rings. The molecule has 0 amide bonds. The summed E-state index contributed by atoms with van der Waals surface area (Å²) in [6.45, 7) is 5.21. The zero-order valence-electron chi connectivity index (χ0n) is 13.7. The van der Waals surface area contributed by atoms with Crippen LogP contribution in [-0.2, 0) is 0 Å². The maximum absolute atomic E-state index is 4.51. The molecule has 1 saturated carbocycles. The lowest BCUT2D eigenvalue weighted by Gasteiger charge is -2.19. The van der Waals surface area contributed by atoms with Crippen molar-refractivity contribution < 1.29 is 0 Å². The molecule has 118 valence electrons. The van der Waals surface area contributed by atoms with Crippen LogP contribution >= 0.6 is 0 Å². The highest BCUT2D eigenvalue weighted by molar-refractivity contribution is 5.43. The molecule has 0 saturated heterocycles. The number of nitrogens with zero attached hydrogens (tertiary/aromatic N) is 4. The van der Waals surface area contributed by atoms with Crippen LogP contribution < -0.4 is 15.5 Å². The smallest absolute Gasteiger partial charge is 0.231 e. The Kier molecular flexibility index (Phi) is 5.59. The van der Waals surface area contributed by atoms with Gasteiger partial charge in [-0.05, 0) is 25.2 Å². The first-order chi connectivity index (χ1) is 10.1. The Labute approximate surface area is 127 Å². The Hall–Kier alpha value is -1.59. The SMILES string of the molecule is CCCNc1nc(NC(CC)CC2CC2)nc(N(C)C)n1. The van der Waals surface area contributed by atoms with E-state index in [1.54, 1.807) is 0 Å². The van der Waals surface area contributed by atoms with Crippen molar-refractivity contribution in [2.75, 3.05) is 36.2 Å². The van der Waals surface area contributed by atoms with E-state index in [1.807, 2.05) is 19.0 Å². The summed E-state index contributed by atoms with van der Waals surface area (Å²) in [6, 6.07) is 0.453. The lowest BCUT2D eigenvalue weighted by molar-refractivity contribution is 0.582. The van der Waals surface area contributed by atoms with Gasteiger partial charge in [0.15, 0.2) is 0 Å². The number of aromatic nitrogens is 3. The van der Waals surface area contributed by atoms with Gasteiger partial charge in [0.2, 0.25) is 17.8 Å². The fourth-order valence-electron chi connectivity index (χ4n) is 2.21. The zero-order valence-corrected chi connectivity index (χ0v) is 13.7. The molecule has 0 bridgehead atoms. The molecule has 2 N–H and O–H groups in total. The fourth-order valence-corrected chi connectivity index (χ4v) is 2.21. The van der Waals surface area contributed by atoms with Gasteiger partial charge in [0.05, 0.1) is 0 Å². The second kappa shape index (κ2) is 7.43. The highest BCUT2D eigenvalue weighted by atomic mass is 15.3. The van der Waals surface area contributed by atoms with Crippen LogP contribution in [0.5, 0.6) is 0 Å². The van der Waals surface area contributed by atoms with E-state index in [0.29, 0.717) is 23.9 Å². The standard InChI is InChI=1S/C15H28N6/c1-5-9-16-13-18-14(20-15(19-13)21(3)4)17-12(6-2)10-11-7-8-11/h11-12H,5-10H2,1-4H3,(H2,16,17,18,19,20). The van der Waals surface area contributed by atoms with E-state index in [-0.39, 0.29) is 0 Å². The van der Waals surface area contributed by atoms with Crippen LogP contribution in [0.15, 0.2) is 0 Å². The number of anilines is 3. The summed E-state index contributed by atoms with van der Waals surface area (Å²) in [4.78, 5) is 15.3. The van der Waals surface area contributed by atoms with Crippen LogP contribution in [0.4, 0.5) is 17.8 Å². The zero-order chi connectivity index (χ0) is 15.2. The number of rotatable bonds is 9. The minimum atomic E-state index is 0.453. The lowest BCUT2D eigenvalue weighted by atomic mass is 10.1. The Morgan fingerprint density at radius 3 is 2.43 bits per heavy atom. The number of hydrogen-bond acceptors (Lipinski definition) is 6. The van der Waals surface area contributed by atoms with Gasteiger partial charge in [-0.15, -0.1) is 0 Å². The fraction of sp³-hybridized carbons (Fsp3) is 0.800. The summed E-state index contributed by atoms with van der Waals surface area (Å²) in [7, 11) is 3.90. The van der Waals surface area contributed by atoms with E-state index >= 15 is 0 Å². The first kappa shape index (κ1) is 15.8. The van der Waals surface area contributed by atoms with Gasteiger partial charge in [0, 0.05) is 26.7 Å². The van der Waals surface area contributed by atoms with Crippen LogP contribution in [0, 0.1) is 5.92 Å². The van der Waals surface area contributed by atoms with Gasteiger partial charge in [0.1, 0.15) is 0 Å². The summed E-state index contributed by atoms with van der Waals surface area (Å²) >= 11 is 0. The maximum atomic E-state index is 4.51. The molecule has 0 aromatic carbocycles. The van der Waals surface area contributed by atoms with Gasteiger partial charge in [0.25, 0.3) is 0 Å². The molecule has 1 atom stereocenters. The molecule has 1 fully saturated rings. The van der Waals surface area contributed by atoms with Crippen molar-refractivity contribution >= 4 is 17.8 Å². The minimum absolute atomic E-state index is 0.453. The van der Waals surface area contributed by atoms with Crippen molar-refractivity contribution in [1.82, 2.24) is 15.0 Å². The topological polar surface area (TPSA) is 66.0 Å². The monoisotopic (exact) mass is 292 g/mol. The summed E-state index contributed by atoms with van der Waals surface area (Å²) in [6.07, 6.45) is 6.11. The molecule has 6 nitrogen and oxygen atoms in total. The van der Waals surface area contributed by atoms with E-state index in [9.17, 15) is 0 Å². The van der Waals surface area contributed by atoms with E-state index in [1.165, 1.54) is 19.3 Å². The highest BCUT2D eigenvalue weighted by Gasteiger charge is 2.25. The Morgan fingerprint density at radius 2 is 1.86 bits per heavy atom. The van der Waals surface area contributed by atoms with Crippen molar-refractivity contribution in [3.05, 3.63) is 0 Å². The normalized spacial score (nSPS) is 15.6. The molecule has 1 unspecified atom stereocenters. The summed E-state index contributed by atoms with van der Waals surface area (Å²) in [5.41, 5.74) is 0. The summed E-state index contributed by atoms with van der Waals surface area (Å²) in [5.74, 6) is 2.92. The van der Waals surface area contributed by atoms with Gasteiger partial charge in [-0.2, -0.15) is 15.0 Å². The van der Waals surface area contributed by atoms with Gasteiger partial charge in [-0.1, -0.05) is 26.7 Å². The Bertz CT molecular complexity index is 444. The van der Waals surface area contributed by atoms with Gasteiger partial charge in [-0.25, -0.2) is 0 Å². The van der Waals surface area contributed by atoms with Crippen LogP contribution in [0.25, 0.3) is 0 Å². The predicted octanol–water partition coefficient (Wildman–Crippen LogP) is 2.75. The molecule has 6 heteroatoms. The summed E-state index contributed by atoms with van der Waals surface area (Å²) < 4.78 is 0. The largest absolute Gasteiger partial charge is 0.354 e. The summed E-state index contributed by atoms with van der Waals surface area (Å²) in [5, 5.41) is 6.73. The van der Waals surface area contributed by atoms with Crippen molar-refractivity contribution in [3.63, 3.8) is 0 Å². The predicted molar refractivity (Wildman–Crippen MR) is 88.0 cm³/mol.